The Morgan fingerprint density at radius 2 is 2.27 bits per heavy atom. The van der Waals surface area contributed by atoms with Gasteiger partial charge in [-0.15, -0.1) is 6.58 Å². The van der Waals surface area contributed by atoms with Gasteiger partial charge in [0, 0.05) is 17.9 Å². The first-order chi connectivity index (χ1) is 7.13. The number of pyridine rings is 1. The Kier molecular flexibility index (Phi) is 4.50. The normalized spacial score (nSPS) is 12.5. The second kappa shape index (κ2) is 5.66. The SMILES string of the molecule is C=C(C)CC(NCC)c1ccc(C)nc1. The molecule has 1 unspecified atom stereocenters. The lowest BCUT2D eigenvalue weighted by Crippen LogP contribution is -2.21. The van der Waals surface area contributed by atoms with Gasteiger partial charge in [0.15, 0.2) is 0 Å². The Bertz CT molecular complexity index is 314. The maximum Gasteiger partial charge on any atom is 0.0372 e. The highest BCUT2D eigenvalue weighted by atomic mass is 14.9. The van der Waals surface area contributed by atoms with E-state index < -0.39 is 0 Å². The van der Waals surface area contributed by atoms with Crippen LogP contribution in [-0.2, 0) is 0 Å². The summed E-state index contributed by atoms with van der Waals surface area (Å²) in [4.78, 5) is 4.32. The van der Waals surface area contributed by atoms with Gasteiger partial charge in [-0.05, 0) is 38.4 Å². The van der Waals surface area contributed by atoms with Gasteiger partial charge in [-0.2, -0.15) is 0 Å². The standard InChI is InChI=1S/C13H20N2/c1-5-14-13(8-10(2)3)12-7-6-11(4)15-9-12/h6-7,9,13-14H,2,5,8H2,1,3-4H3. The molecule has 1 aromatic rings. The predicted octanol–water partition coefficient (Wildman–Crippen LogP) is 3.01. The van der Waals surface area contributed by atoms with Crippen molar-refractivity contribution in [1.29, 1.82) is 0 Å². The quantitative estimate of drug-likeness (QED) is 0.746. The van der Waals surface area contributed by atoms with Crippen LogP contribution >= 0.6 is 0 Å². The summed E-state index contributed by atoms with van der Waals surface area (Å²) in [6.45, 7) is 11.1. The third-order valence-electron chi connectivity index (χ3n) is 2.34. The molecule has 1 atom stereocenters. The smallest absolute Gasteiger partial charge is 0.0372 e. The van der Waals surface area contributed by atoms with Gasteiger partial charge >= 0.3 is 0 Å². The highest BCUT2D eigenvalue weighted by Crippen LogP contribution is 2.19. The van der Waals surface area contributed by atoms with E-state index in [1.807, 2.05) is 13.1 Å². The lowest BCUT2D eigenvalue weighted by molar-refractivity contribution is 0.546. The zero-order valence-corrected chi connectivity index (χ0v) is 9.88. The summed E-state index contributed by atoms with van der Waals surface area (Å²) in [6.07, 6.45) is 2.92. The van der Waals surface area contributed by atoms with Crippen LogP contribution in [-0.4, -0.2) is 11.5 Å². The number of hydrogen-bond donors (Lipinski definition) is 1. The first-order valence-corrected chi connectivity index (χ1v) is 5.43. The fourth-order valence-corrected chi connectivity index (χ4v) is 1.59. The molecule has 0 amide bonds. The first kappa shape index (κ1) is 11.9. The zero-order chi connectivity index (χ0) is 11.3. The Hall–Kier alpha value is -1.15. The molecule has 0 aliphatic carbocycles. The summed E-state index contributed by atoms with van der Waals surface area (Å²) in [6, 6.07) is 4.54. The van der Waals surface area contributed by atoms with Crippen molar-refractivity contribution in [1.82, 2.24) is 10.3 Å². The van der Waals surface area contributed by atoms with Crippen LogP contribution in [0.15, 0.2) is 30.5 Å². The van der Waals surface area contributed by atoms with E-state index in [1.165, 1.54) is 11.1 Å². The minimum Gasteiger partial charge on any atom is -0.310 e. The maximum atomic E-state index is 4.32. The molecule has 1 aromatic heterocycles. The van der Waals surface area contributed by atoms with Crippen molar-refractivity contribution in [3.8, 4) is 0 Å². The van der Waals surface area contributed by atoms with E-state index in [0.29, 0.717) is 6.04 Å². The molecule has 0 bridgehead atoms. The van der Waals surface area contributed by atoms with Crippen molar-refractivity contribution in [3.05, 3.63) is 41.7 Å². The fourth-order valence-electron chi connectivity index (χ4n) is 1.59. The van der Waals surface area contributed by atoms with Crippen molar-refractivity contribution < 1.29 is 0 Å². The van der Waals surface area contributed by atoms with Crippen LogP contribution in [0, 0.1) is 6.92 Å². The monoisotopic (exact) mass is 204 g/mol. The lowest BCUT2D eigenvalue weighted by Gasteiger charge is -2.18. The second-order valence-corrected chi connectivity index (χ2v) is 4.00. The van der Waals surface area contributed by atoms with Crippen LogP contribution in [0.3, 0.4) is 0 Å². The zero-order valence-electron chi connectivity index (χ0n) is 9.88. The molecule has 82 valence electrons. The maximum absolute atomic E-state index is 4.32. The van der Waals surface area contributed by atoms with Gasteiger partial charge in [-0.25, -0.2) is 0 Å². The van der Waals surface area contributed by atoms with Crippen molar-refractivity contribution in [3.63, 3.8) is 0 Å². The van der Waals surface area contributed by atoms with Crippen LogP contribution in [0.2, 0.25) is 0 Å². The van der Waals surface area contributed by atoms with E-state index in [-0.39, 0.29) is 0 Å². The average Bonchev–Trinajstić information content (AvgIpc) is 2.17. The molecule has 0 aliphatic heterocycles. The van der Waals surface area contributed by atoms with Gasteiger partial charge in [0.2, 0.25) is 0 Å². The van der Waals surface area contributed by atoms with E-state index in [9.17, 15) is 0 Å². The molecule has 0 aliphatic rings. The number of nitrogens with zero attached hydrogens (tertiary/aromatic N) is 1. The summed E-state index contributed by atoms with van der Waals surface area (Å²) >= 11 is 0. The van der Waals surface area contributed by atoms with Crippen molar-refractivity contribution >= 4 is 0 Å². The van der Waals surface area contributed by atoms with Gasteiger partial charge in [-0.3, -0.25) is 4.98 Å². The van der Waals surface area contributed by atoms with E-state index in [0.717, 1.165) is 18.7 Å². The minimum absolute atomic E-state index is 0.348. The van der Waals surface area contributed by atoms with Crippen LogP contribution in [0.1, 0.15) is 37.6 Å². The number of hydrogen-bond acceptors (Lipinski definition) is 2. The van der Waals surface area contributed by atoms with Crippen molar-refractivity contribution in [2.75, 3.05) is 6.54 Å². The van der Waals surface area contributed by atoms with Gasteiger partial charge in [-0.1, -0.05) is 18.6 Å². The lowest BCUT2D eigenvalue weighted by atomic mass is 10.0. The molecule has 0 spiro atoms. The molecule has 0 aromatic carbocycles. The summed E-state index contributed by atoms with van der Waals surface area (Å²) in [7, 11) is 0. The van der Waals surface area contributed by atoms with Gasteiger partial charge in [0.25, 0.3) is 0 Å². The molecular weight excluding hydrogens is 184 g/mol. The number of aromatic nitrogens is 1. The van der Waals surface area contributed by atoms with Gasteiger partial charge in [0.1, 0.15) is 0 Å². The van der Waals surface area contributed by atoms with E-state index in [2.05, 4.69) is 42.9 Å². The minimum atomic E-state index is 0.348. The topological polar surface area (TPSA) is 24.9 Å². The molecule has 0 radical (unpaired) electrons. The molecular formula is C13H20N2. The Balaban J connectivity index is 2.78. The predicted molar refractivity (Wildman–Crippen MR) is 64.8 cm³/mol. The summed E-state index contributed by atoms with van der Waals surface area (Å²) in [5.41, 5.74) is 3.50. The molecule has 0 saturated heterocycles. The Morgan fingerprint density at radius 3 is 2.73 bits per heavy atom. The first-order valence-electron chi connectivity index (χ1n) is 5.43. The highest BCUT2D eigenvalue weighted by Gasteiger charge is 2.09. The molecule has 2 nitrogen and oxygen atoms in total. The van der Waals surface area contributed by atoms with Crippen LogP contribution in [0.25, 0.3) is 0 Å². The van der Waals surface area contributed by atoms with Crippen LogP contribution in [0.4, 0.5) is 0 Å². The average molecular weight is 204 g/mol. The van der Waals surface area contributed by atoms with Gasteiger partial charge in [0.05, 0.1) is 0 Å². The molecule has 1 rings (SSSR count). The summed E-state index contributed by atoms with van der Waals surface area (Å²) in [5, 5.41) is 3.45. The van der Waals surface area contributed by atoms with Gasteiger partial charge < -0.3 is 5.32 Å². The van der Waals surface area contributed by atoms with E-state index in [4.69, 9.17) is 0 Å². The summed E-state index contributed by atoms with van der Waals surface area (Å²) < 4.78 is 0. The van der Waals surface area contributed by atoms with E-state index in [1.54, 1.807) is 0 Å². The number of nitrogens with one attached hydrogen (secondary N) is 1. The molecule has 2 heteroatoms. The van der Waals surface area contributed by atoms with Crippen molar-refractivity contribution in [2.24, 2.45) is 0 Å². The molecule has 15 heavy (non-hydrogen) atoms. The van der Waals surface area contributed by atoms with E-state index >= 15 is 0 Å². The highest BCUT2D eigenvalue weighted by molar-refractivity contribution is 5.19. The molecule has 0 fully saturated rings. The fraction of sp³-hybridized carbons (Fsp3) is 0.462. The third kappa shape index (κ3) is 3.84. The Labute approximate surface area is 92.4 Å². The molecule has 1 N–H and O–H groups in total. The third-order valence-corrected chi connectivity index (χ3v) is 2.34. The largest absolute Gasteiger partial charge is 0.310 e. The molecule has 1 heterocycles. The van der Waals surface area contributed by atoms with Crippen molar-refractivity contribution in [2.45, 2.75) is 33.2 Å². The second-order valence-electron chi connectivity index (χ2n) is 4.00. The summed E-state index contributed by atoms with van der Waals surface area (Å²) in [5.74, 6) is 0. The van der Waals surface area contributed by atoms with Crippen LogP contribution < -0.4 is 5.32 Å². The number of aryl methyl sites for hydroxylation is 1. The van der Waals surface area contributed by atoms with Crippen LogP contribution in [0.5, 0.6) is 0 Å². The number of rotatable bonds is 5. The molecule has 0 saturated carbocycles. The Morgan fingerprint density at radius 1 is 1.53 bits per heavy atom.